The molecule has 0 amide bonds. The zero-order chi connectivity index (χ0) is 15.0. The summed E-state index contributed by atoms with van der Waals surface area (Å²) in [6, 6.07) is 8.18. The van der Waals surface area contributed by atoms with Crippen molar-refractivity contribution in [3.8, 4) is 0 Å². The summed E-state index contributed by atoms with van der Waals surface area (Å²) in [5, 5.41) is 4.44. The fraction of sp³-hybridized carbons (Fsp3) is 0.182. The second-order valence-corrected chi connectivity index (χ2v) is 4.21. The maximum Gasteiger partial charge on any atom is 0.299 e. The number of fused-ring (bicyclic) bond motifs is 1. The van der Waals surface area contributed by atoms with E-state index in [4.69, 9.17) is 24.8 Å². The van der Waals surface area contributed by atoms with Crippen LogP contribution < -0.4 is 16.8 Å². The number of hydrogen-bond donors (Lipinski definition) is 6. The Balaban J connectivity index is 0.000000444. The van der Waals surface area contributed by atoms with Gasteiger partial charge in [-0.1, -0.05) is 0 Å². The third-order valence-electron chi connectivity index (χ3n) is 2.29. The number of aromatic amines is 1. The Kier molecular flexibility index (Phi) is 6.50. The minimum absolute atomic E-state index is 0.128. The lowest BCUT2D eigenvalue weighted by molar-refractivity contribution is 0.454. The summed E-state index contributed by atoms with van der Waals surface area (Å²) in [6.07, 6.45) is 1.92. The quantitative estimate of drug-likeness (QED) is 0.210. The van der Waals surface area contributed by atoms with E-state index in [1.54, 1.807) is 0 Å². The van der Waals surface area contributed by atoms with Gasteiger partial charge in [0.1, 0.15) is 0 Å². The minimum atomic E-state index is -2.61. The van der Waals surface area contributed by atoms with Crippen molar-refractivity contribution in [3.63, 3.8) is 0 Å². The number of nitrogens with one attached hydrogen (secondary N) is 2. The van der Waals surface area contributed by atoms with E-state index in [9.17, 15) is 0 Å². The molecule has 2 rings (SSSR count). The van der Waals surface area contributed by atoms with Crippen LogP contribution in [0.3, 0.4) is 0 Å². The van der Waals surface area contributed by atoms with Crippen LogP contribution in [-0.4, -0.2) is 37.3 Å². The van der Waals surface area contributed by atoms with Crippen LogP contribution in [0.2, 0.25) is 0 Å². The summed E-state index contributed by atoms with van der Waals surface area (Å²) < 4.78 is 22.8. The first-order valence-electron chi connectivity index (χ1n) is 5.65. The molecule has 0 aliphatic heterocycles. The van der Waals surface area contributed by atoms with Crippen molar-refractivity contribution >= 4 is 33.9 Å². The highest BCUT2D eigenvalue weighted by molar-refractivity contribution is 7.73. The number of nitrogens with two attached hydrogens (primary N) is 2. The molecule has 0 saturated heterocycles. The molecule has 0 aliphatic carbocycles. The lowest BCUT2D eigenvalue weighted by Gasteiger charge is -2.04. The minimum Gasteiger partial charge on any atom is -0.383 e. The van der Waals surface area contributed by atoms with Crippen LogP contribution in [0.4, 0.5) is 5.69 Å². The van der Waals surface area contributed by atoms with Gasteiger partial charge in [0.15, 0.2) is 5.96 Å². The van der Waals surface area contributed by atoms with Crippen molar-refractivity contribution in [3.05, 3.63) is 30.5 Å². The van der Waals surface area contributed by atoms with Crippen LogP contribution in [0.15, 0.2) is 35.5 Å². The van der Waals surface area contributed by atoms with Gasteiger partial charge in [0, 0.05) is 29.3 Å². The molecule has 0 spiro atoms. The Hall–Kier alpha value is -2.10. The molecule has 0 radical (unpaired) electrons. The Morgan fingerprint density at radius 3 is 2.70 bits per heavy atom. The van der Waals surface area contributed by atoms with E-state index < -0.39 is 11.4 Å². The molecular weight excluding hydrogens is 282 g/mol. The highest BCUT2D eigenvalue weighted by atomic mass is 32.2. The van der Waals surface area contributed by atoms with Crippen LogP contribution in [0.25, 0.3) is 10.9 Å². The summed E-state index contributed by atoms with van der Waals surface area (Å²) >= 11 is -2.61. The largest absolute Gasteiger partial charge is 0.383 e. The number of H-pyrrole nitrogens is 1. The van der Waals surface area contributed by atoms with E-state index in [0.717, 1.165) is 11.2 Å². The summed E-state index contributed by atoms with van der Waals surface area (Å²) in [4.78, 5) is 7.04. The van der Waals surface area contributed by atoms with E-state index in [0.29, 0.717) is 13.1 Å². The number of rotatable bonds is 4. The molecule has 110 valence electrons. The van der Waals surface area contributed by atoms with E-state index in [1.165, 1.54) is 5.39 Å². The molecule has 1 aromatic heterocycles. The fourth-order valence-corrected chi connectivity index (χ4v) is 1.55. The first-order valence-corrected chi connectivity index (χ1v) is 6.71. The van der Waals surface area contributed by atoms with Gasteiger partial charge in [-0.25, -0.2) is 0 Å². The molecule has 2 aromatic rings. The van der Waals surface area contributed by atoms with Crippen molar-refractivity contribution in [1.82, 2.24) is 4.98 Å². The smallest absolute Gasteiger partial charge is 0.299 e. The van der Waals surface area contributed by atoms with Gasteiger partial charge in [-0.3, -0.25) is 14.1 Å². The number of hydrogen-bond acceptors (Lipinski definition) is 3. The molecule has 8 N–H and O–H groups in total. The summed E-state index contributed by atoms with van der Waals surface area (Å²) in [7, 11) is 0. The van der Waals surface area contributed by atoms with Gasteiger partial charge in [0.25, 0.3) is 11.4 Å². The number of anilines is 1. The van der Waals surface area contributed by atoms with Crippen LogP contribution in [0.1, 0.15) is 0 Å². The molecule has 1 heterocycles. The van der Waals surface area contributed by atoms with Crippen LogP contribution in [-0.2, 0) is 11.4 Å². The molecule has 9 heteroatoms. The van der Waals surface area contributed by atoms with Gasteiger partial charge in [0.05, 0.1) is 6.54 Å². The lowest BCUT2D eigenvalue weighted by atomic mass is 10.2. The van der Waals surface area contributed by atoms with Crippen LogP contribution in [0, 0.1) is 0 Å². The molecule has 0 aliphatic rings. The Bertz CT molecular complexity index is 591. The average molecular weight is 299 g/mol. The standard InChI is InChI=1S/C11H15N5.H2O3S/c12-11(13)16-6-5-14-9-1-2-10-8(7-9)3-4-15-10;1-4(2)3/h1-4,7,14-15H,5-6H2,(H4,12,13,16);(H2,1,2,3). The van der Waals surface area contributed by atoms with Gasteiger partial charge < -0.3 is 21.8 Å². The average Bonchev–Trinajstić information content (AvgIpc) is 2.81. The molecule has 0 unspecified atom stereocenters. The van der Waals surface area contributed by atoms with Gasteiger partial charge in [-0.2, -0.15) is 4.21 Å². The second kappa shape index (κ2) is 8.15. The van der Waals surface area contributed by atoms with E-state index in [-0.39, 0.29) is 5.96 Å². The number of benzene rings is 1. The Morgan fingerprint density at radius 1 is 1.35 bits per heavy atom. The third-order valence-corrected chi connectivity index (χ3v) is 2.29. The fourth-order valence-electron chi connectivity index (χ4n) is 1.55. The normalized spacial score (nSPS) is 9.95. The molecule has 0 fully saturated rings. The second-order valence-electron chi connectivity index (χ2n) is 3.74. The molecule has 8 nitrogen and oxygen atoms in total. The summed E-state index contributed by atoms with van der Waals surface area (Å²) in [6.45, 7) is 1.29. The maximum atomic E-state index is 8.67. The Labute approximate surface area is 118 Å². The van der Waals surface area contributed by atoms with Crippen molar-refractivity contribution in [2.45, 2.75) is 0 Å². The van der Waals surface area contributed by atoms with E-state index >= 15 is 0 Å². The molecule has 0 bridgehead atoms. The van der Waals surface area contributed by atoms with Crippen molar-refractivity contribution in [2.75, 3.05) is 18.4 Å². The Morgan fingerprint density at radius 2 is 2.05 bits per heavy atom. The van der Waals surface area contributed by atoms with Gasteiger partial charge in [0.2, 0.25) is 0 Å². The predicted octanol–water partition coefficient (Wildman–Crippen LogP) is 0.534. The summed E-state index contributed by atoms with van der Waals surface area (Å²) in [5.74, 6) is 0.128. The molecular formula is C11H17N5O3S. The first-order chi connectivity index (χ1) is 9.49. The zero-order valence-corrected chi connectivity index (χ0v) is 11.4. The molecule has 0 atom stereocenters. The van der Waals surface area contributed by atoms with Crippen molar-refractivity contribution < 1.29 is 13.3 Å². The highest BCUT2D eigenvalue weighted by Gasteiger charge is 1.95. The highest BCUT2D eigenvalue weighted by Crippen LogP contribution is 2.17. The topological polar surface area (TPSA) is 150 Å². The van der Waals surface area contributed by atoms with E-state index in [1.807, 2.05) is 24.4 Å². The number of aromatic nitrogens is 1. The van der Waals surface area contributed by atoms with E-state index in [2.05, 4.69) is 21.4 Å². The third kappa shape index (κ3) is 6.18. The predicted molar refractivity (Wildman–Crippen MR) is 80.9 cm³/mol. The summed E-state index contributed by atoms with van der Waals surface area (Å²) in [5.41, 5.74) is 12.7. The van der Waals surface area contributed by atoms with Gasteiger partial charge in [-0.15, -0.1) is 0 Å². The number of guanidine groups is 1. The first kappa shape index (κ1) is 16.0. The van der Waals surface area contributed by atoms with Gasteiger partial charge >= 0.3 is 0 Å². The maximum absolute atomic E-state index is 8.67. The lowest BCUT2D eigenvalue weighted by Crippen LogP contribution is -2.23. The number of aliphatic imine (C=N–C) groups is 1. The monoisotopic (exact) mass is 299 g/mol. The van der Waals surface area contributed by atoms with Crippen LogP contribution in [0.5, 0.6) is 0 Å². The van der Waals surface area contributed by atoms with Crippen LogP contribution >= 0.6 is 0 Å². The molecule has 0 saturated carbocycles. The molecule has 1 aromatic carbocycles. The van der Waals surface area contributed by atoms with Gasteiger partial charge in [-0.05, 0) is 24.3 Å². The van der Waals surface area contributed by atoms with Crippen molar-refractivity contribution in [2.24, 2.45) is 16.5 Å². The number of nitrogens with zero attached hydrogens (tertiary/aromatic N) is 1. The molecule has 20 heavy (non-hydrogen) atoms. The SMILES string of the molecule is NC(N)=NCCNc1ccc2[nH]ccc2c1.O=S(O)O. The van der Waals surface area contributed by atoms with Crippen molar-refractivity contribution in [1.29, 1.82) is 0 Å². The zero-order valence-electron chi connectivity index (χ0n) is 10.6.